The summed E-state index contributed by atoms with van der Waals surface area (Å²) in [6, 6.07) is 29.3. The van der Waals surface area contributed by atoms with Gasteiger partial charge in [0.05, 0.1) is 17.7 Å². The monoisotopic (exact) mass is 506 g/mol. The van der Waals surface area contributed by atoms with Crippen LogP contribution in [0, 0.1) is 0 Å². The molecule has 8 heteroatoms. The largest absolute Gasteiger partial charge is 0.497 e. The van der Waals surface area contributed by atoms with Gasteiger partial charge in [-0.25, -0.2) is 8.42 Å². The molecule has 0 unspecified atom stereocenters. The summed E-state index contributed by atoms with van der Waals surface area (Å²) in [5.74, 6) is 0.0395. The average Bonchev–Trinajstić information content (AvgIpc) is 2.89. The number of carbonyl (C=O) groups is 1. The zero-order chi connectivity index (χ0) is 24.8. The van der Waals surface area contributed by atoms with E-state index in [0.29, 0.717) is 22.1 Å². The Labute approximate surface area is 209 Å². The Kier molecular flexibility index (Phi) is 7.39. The van der Waals surface area contributed by atoms with Crippen LogP contribution >= 0.6 is 11.6 Å². The SMILES string of the molecule is COc1ccc(S(=O)(=O)N(CC(=O)Nc2ccccc2-c2ccccc2)c2ccc(Cl)cc2)cc1. The molecule has 178 valence electrons. The zero-order valence-electron chi connectivity index (χ0n) is 18.9. The molecule has 0 saturated carbocycles. The number of anilines is 2. The van der Waals surface area contributed by atoms with E-state index in [1.807, 2.05) is 48.5 Å². The molecule has 4 rings (SSSR count). The number of hydrogen-bond donors (Lipinski definition) is 1. The van der Waals surface area contributed by atoms with Crippen LogP contribution in [0.1, 0.15) is 0 Å². The Morgan fingerprint density at radius 3 is 2.14 bits per heavy atom. The van der Waals surface area contributed by atoms with Gasteiger partial charge in [-0.15, -0.1) is 0 Å². The molecule has 0 saturated heterocycles. The minimum absolute atomic E-state index is 0.0331. The Morgan fingerprint density at radius 2 is 1.49 bits per heavy atom. The van der Waals surface area contributed by atoms with Gasteiger partial charge in [0.1, 0.15) is 12.3 Å². The van der Waals surface area contributed by atoms with Crippen LogP contribution in [0.3, 0.4) is 0 Å². The third-order valence-electron chi connectivity index (χ3n) is 5.34. The number of methoxy groups -OCH3 is 1. The van der Waals surface area contributed by atoms with Gasteiger partial charge in [-0.05, 0) is 60.2 Å². The van der Waals surface area contributed by atoms with Crippen LogP contribution in [0.15, 0.2) is 108 Å². The molecule has 0 aliphatic rings. The van der Waals surface area contributed by atoms with Crippen LogP contribution in [-0.2, 0) is 14.8 Å². The summed E-state index contributed by atoms with van der Waals surface area (Å²) < 4.78 is 33.3. The fourth-order valence-electron chi connectivity index (χ4n) is 3.58. The summed E-state index contributed by atoms with van der Waals surface area (Å²) in [5, 5.41) is 3.33. The van der Waals surface area contributed by atoms with Crippen LogP contribution in [0.5, 0.6) is 5.75 Å². The Bertz CT molecular complexity index is 1410. The first-order chi connectivity index (χ1) is 16.9. The smallest absolute Gasteiger partial charge is 0.264 e. The maximum Gasteiger partial charge on any atom is 0.264 e. The molecule has 4 aromatic carbocycles. The molecule has 0 fully saturated rings. The van der Waals surface area contributed by atoms with E-state index < -0.39 is 22.5 Å². The summed E-state index contributed by atoms with van der Waals surface area (Å²) in [5.41, 5.74) is 2.67. The van der Waals surface area contributed by atoms with E-state index in [-0.39, 0.29) is 4.90 Å². The third-order valence-corrected chi connectivity index (χ3v) is 7.38. The van der Waals surface area contributed by atoms with Crippen molar-refractivity contribution in [3.63, 3.8) is 0 Å². The van der Waals surface area contributed by atoms with Crippen LogP contribution in [0.25, 0.3) is 11.1 Å². The van der Waals surface area contributed by atoms with E-state index in [0.717, 1.165) is 15.4 Å². The number of ether oxygens (including phenoxy) is 1. The molecule has 0 bridgehead atoms. The molecule has 0 heterocycles. The maximum absolute atomic E-state index is 13.6. The van der Waals surface area contributed by atoms with Gasteiger partial charge in [-0.2, -0.15) is 0 Å². The first kappa shape index (κ1) is 24.3. The Hall–Kier alpha value is -3.81. The van der Waals surface area contributed by atoms with Crippen molar-refractivity contribution in [2.75, 3.05) is 23.3 Å². The van der Waals surface area contributed by atoms with Crippen LogP contribution in [0.4, 0.5) is 11.4 Å². The summed E-state index contributed by atoms with van der Waals surface area (Å²) in [7, 11) is -2.57. The van der Waals surface area contributed by atoms with Gasteiger partial charge in [-0.3, -0.25) is 9.10 Å². The predicted octanol–water partition coefficient (Wildman–Crippen LogP) is 5.85. The second-order valence-electron chi connectivity index (χ2n) is 7.62. The number of para-hydroxylation sites is 1. The van der Waals surface area contributed by atoms with Crippen molar-refractivity contribution in [1.82, 2.24) is 0 Å². The minimum Gasteiger partial charge on any atom is -0.497 e. The lowest BCUT2D eigenvalue weighted by Gasteiger charge is -2.24. The number of nitrogens with one attached hydrogen (secondary N) is 1. The molecule has 0 aliphatic heterocycles. The summed E-state index contributed by atoms with van der Waals surface area (Å²) in [4.78, 5) is 13.2. The quantitative estimate of drug-likeness (QED) is 0.325. The van der Waals surface area contributed by atoms with Gasteiger partial charge >= 0.3 is 0 Å². The number of hydrogen-bond acceptors (Lipinski definition) is 4. The molecular weight excluding hydrogens is 484 g/mol. The van der Waals surface area contributed by atoms with Crippen LogP contribution in [-0.4, -0.2) is 28.0 Å². The highest BCUT2D eigenvalue weighted by Crippen LogP contribution is 2.29. The second kappa shape index (κ2) is 10.6. The molecule has 1 N–H and O–H groups in total. The number of rotatable bonds is 8. The maximum atomic E-state index is 13.6. The molecule has 0 radical (unpaired) electrons. The first-order valence-corrected chi connectivity index (χ1v) is 12.6. The second-order valence-corrected chi connectivity index (χ2v) is 9.92. The molecule has 4 aromatic rings. The van der Waals surface area contributed by atoms with Crippen molar-refractivity contribution < 1.29 is 17.9 Å². The van der Waals surface area contributed by atoms with Gasteiger partial charge in [0.15, 0.2) is 0 Å². The molecule has 1 amide bonds. The minimum atomic E-state index is -4.07. The van der Waals surface area contributed by atoms with Gasteiger partial charge in [0, 0.05) is 16.3 Å². The van der Waals surface area contributed by atoms with E-state index in [1.54, 1.807) is 42.5 Å². The predicted molar refractivity (Wildman–Crippen MR) is 139 cm³/mol. The average molecular weight is 507 g/mol. The number of nitrogens with zero attached hydrogens (tertiary/aromatic N) is 1. The van der Waals surface area contributed by atoms with Crippen molar-refractivity contribution in [3.05, 3.63) is 108 Å². The number of carbonyl (C=O) groups excluding carboxylic acids is 1. The van der Waals surface area contributed by atoms with E-state index in [9.17, 15) is 13.2 Å². The van der Waals surface area contributed by atoms with Gasteiger partial charge < -0.3 is 10.1 Å². The molecular formula is C27H23ClN2O4S. The molecule has 0 atom stereocenters. The highest BCUT2D eigenvalue weighted by Gasteiger charge is 2.27. The van der Waals surface area contributed by atoms with Crippen LogP contribution < -0.4 is 14.4 Å². The van der Waals surface area contributed by atoms with Crippen molar-refractivity contribution in [3.8, 4) is 16.9 Å². The fourth-order valence-corrected chi connectivity index (χ4v) is 5.13. The number of sulfonamides is 1. The first-order valence-electron chi connectivity index (χ1n) is 10.7. The molecule has 35 heavy (non-hydrogen) atoms. The molecule has 0 aliphatic carbocycles. The summed E-state index contributed by atoms with van der Waals surface area (Å²) in [6.45, 7) is -0.431. The standard InChI is InChI=1S/C27H23ClN2O4S/c1-34-23-15-17-24(18-16-23)35(32,33)30(22-13-11-21(28)12-14-22)19-27(31)29-26-10-6-5-9-25(26)20-7-3-2-4-8-20/h2-18H,19H2,1H3,(H,29,31). The van der Waals surface area contributed by atoms with E-state index in [1.165, 1.54) is 19.2 Å². The Morgan fingerprint density at radius 1 is 0.857 bits per heavy atom. The zero-order valence-corrected chi connectivity index (χ0v) is 20.5. The van der Waals surface area contributed by atoms with Gasteiger partial charge in [-0.1, -0.05) is 60.1 Å². The normalized spacial score (nSPS) is 11.0. The van der Waals surface area contributed by atoms with Crippen molar-refractivity contribution in [1.29, 1.82) is 0 Å². The molecule has 6 nitrogen and oxygen atoms in total. The lowest BCUT2D eigenvalue weighted by Crippen LogP contribution is -2.38. The van der Waals surface area contributed by atoms with E-state index >= 15 is 0 Å². The molecule has 0 aromatic heterocycles. The summed E-state index contributed by atoms with van der Waals surface area (Å²) >= 11 is 6.01. The lowest BCUT2D eigenvalue weighted by molar-refractivity contribution is -0.114. The molecule has 0 spiro atoms. The Balaban J connectivity index is 1.66. The number of benzene rings is 4. The summed E-state index contributed by atoms with van der Waals surface area (Å²) in [6.07, 6.45) is 0. The van der Waals surface area contributed by atoms with E-state index in [4.69, 9.17) is 16.3 Å². The van der Waals surface area contributed by atoms with Crippen molar-refractivity contribution in [2.24, 2.45) is 0 Å². The van der Waals surface area contributed by atoms with Gasteiger partial charge in [0.2, 0.25) is 5.91 Å². The van der Waals surface area contributed by atoms with Crippen LogP contribution in [0.2, 0.25) is 5.02 Å². The highest BCUT2D eigenvalue weighted by atomic mass is 35.5. The number of amides is 1. The van der Waals surface area contributed by atoms with Crippen molar-refractivity contribution >= 4 is 38.9 Å². The topological polar surface area (TPSA) is 75.7 Å². The third kappa shape index (κ3) is 5.65. The highest BCUT2D eigenvalue weighted by molar-refractivity contribution is 7.92. The van der Waals surface area contributed by atoms with E-state index in [2.05, 4.69) is 5.32 Å². The lowest BCUT2D eigenvalue weighted by atomic mass is 10.0. The van der Waals surface area contributed by atoms with Crippen molar-refractivity contribution in [2.45, 2.75) is 4.90 Å². The number of halogens is 1. The van der Waals surface area contributed by atoms with Gasteiger partial charge in [0.25, 0.3) is 10.0 Å². The fraction of sp³-hybridized carbons (Fsp3) is 0.0741.